The maximum atomic E-state index is 5.51. The molecular weight excluding hydrogens is 362 g/mol. The normalized spacial score (nSPS) is 17.0. The van der Waals surface area contributed by atoms with Crippen molar-refractivity contribution in [2.75, 3.05) is 38.7 Å². The van der Waals surface area contributed by atoms with Crippen molar-refractivity contribution >= 4 is 22.5 Å². The summed E-state index contributed by atoms with van der Waals surface area (Å²) < 4.78 is 5.51. The lowest BCUT2D eigenvalue weighted by atomic mass is 10.1. The molecule has 2 aromatic carbocycles. The highest BCUT2D eigenvalue weighted by Crippen LogP contribution is 2.30. The van der Waals surface area contributed by atoms with Crippen molar-refractivity contribution < 1.29 is 4.74 Å². The van der Waals surface area contributed by atoms with E-state index in [0.29, 0.717) is 6.04 Å². The molecule has 0 radical (unpaired) electrons. The number of anilines is 1. The van der Waals surface area contributed by atoms with Crippen molar-refractivity contribution in [3.63, 3.8) is 0 Å². The molecular formula is C23H29N5O. The van der Waals surface area contributed by atoms with Crippen LogP contribution in [0, 0.1) is 0 Å². The number of aromatic nitrogens is 1. The van der Waals surface area contributed by atoms with E-state index >= 15 is 0 Å². The van der Waals surface area contributed by atoms with Gasteiger partial charge in [0.1, 0.15) is 5.75 Å². The fourth-order valence-corrected chi connectivity index (χ4v) is 4.03. The zero-order chi connectivity index (χ0) is 20.1. The standard InChI is InChI=1S/C23H29N5O/c1-24-23(25-13-11-17-15-26-20-8-4-3-7-19(17)20)27-18-12-14-28(16-18)21-9-5-6-10-22(21)29-2/h3-10,15,18,26H,11-14,16H2,1-2H3,(H2,24,25,27). The second kappa shape index (κ2) is 8.90. The summed E-state index contributed by atoms with van der Waals surface area (Å²) in [6, 6.07) is 17.0. The number of H-pyrrole nitrogens is 1. The van der Waals surface area contributed by atoms with Crippen LogP contribution in [0.15, 0.2) is 59.7 Å². The summed E-state index contributed by atoms with van der Waals surface area (Å²) in [5, 5.41) is 8.32. The number of rotatable bonds is 6. The maximum absolute atomic E-state index is 5.51. The molecule has 0 saturated carbocycles. The molecule has 1 unspecified atom stereocenters. The van der Waals surface area contributed by atoms with Gasteiger partial charge in [0.15, 0.2) is 5.96 Å². The summed E-state index contributed by atoms with van der Waals surface area (Å²) in [7, 11) is 3.55. The van der Waals surface area contributed by atoms with Gasteiger partial charge in [0, 0.05) is 49.8 Å². The summed E-state index contributed by atoms with van der Waals surface area (Å²) in [5.74, 6) is 1.78. The van der Waals surface area contributed by atoms with Gasteiger partial charge in [-0.3, -0.25) is 4.99 Å². The van der Waals surface area contributed by atoms with Crippen LogP contribution >= 0.6 is 0 Å². The predicted octanol–water partition coefficient (Wildman–Crippen LogP) is 3.16. The highest BCUT2D eigenvalue weighted by molar-refractivity contribution is 5.83. The van der Waals surface area contributed by atoms with Gasteiger partial charge in [-0.15, -0.1) is 0 Å². The van der Waals surface area contributed by atoms with E-state index in [4.69, 9.17) is 4.74 Å². The Balaban J connectivity index is 1.29. The van der Waals surface area contributed by atoms with Crippen molar-refractivity contribution in [2.45, 2.75) is 18.9 Å². The SMILES string of the molecule is CN=C(NCCc1c[nH]c2ccccc12)NC1CCN(c2ccccc2OC)C1. The Kier molecular flexibility index (Phi) is 5.89. The third-order valence-corrected chi connectivity index (χ3v) is 5.54. The molecule has 1 fully saturated rings. The number of para-hydroxylation sites is 3. The lowest BCUT2D eigenvalue weighted by Crippen LogP contribution is -2.45. The Morgan fingerprint density at radius 2 is 2.03 bits per heavy atom. The van der Waals surface area contributed by atoms with Crippen LogP contribution in [0.25, 0.3) is 10.9 Å². The van der Waals surface area contributed by atoms with Crippen molar-refractivity contribution in [3.8, 4) is 5.75 Å². The molecule has 3 aromatic rings. The third kappa shape index (κ3) is 4.31. The number of fused-ring (bicyclic) bond motifs is 1. The molecule has 1 aliphatic heterocycles. The van der Waals surface area contributed by atoms with E-state index in [1.807, 2.05) is 19.2 Å². The van der Waals surface area contributed by atoms with Gasteiger partial charge in [-0.2, -0.15) is 0 Å². The van der Waals surface area contributed by atoms with Gasteiger partial charge in [0.25, 0.3) is 0 Å². The van der Waals surface area contributed by atoms with Crippen molar-refractivity contribution in [3.05, 3.63) is 60.3 Å². The van der Waals surface area contributed by atoms with Crippen LogP contribution in [0.4, 0.5) is 5.69 Å². The molecule has 152 valence electrons. The van der Waals surface area contributed by atoms with Gasteiger partial charge in [0.05, 0.1) is 12.8 Å². The number of methoxy groups -OCH3 is 1. The molecule has 1 saturated heterocycles. The number of benzene rings is 2. The number of nitrogens with zero attached hydrogens (tertiary/aromatic N) is 2. The van der Waals surface area contributed by atoms with Crippen LogP contribution in [-0.4, -0.2) is 50.8 Å². The Morgan fingerprint density at radius 3 is 2.90 bits per heavy atom. The van der Waals surface area contributed by atoms with Crippen molar-refractivity contribution in [2.24, 2.45) is 4.99 Å². The second-order valence-electron chi connectivity index (χ2n) is 7.36. The Morgan fingerprint density at radius 1 is 1.21 bits per heavy atom. The first-order valence-corrected chi connectivity index (χ1v) is 10.2. The van der Waals surface area contributed by atoms with Crippen LogP contribution in [0.2, 0.25) is 0 Å². The van der Waals surface area contributed by atoms with Crippen LogP contribution in [0.3, 0.4) is 0 Å². The molecule has 29 heavy (non-hydrogen) atoms. The summed E-state index contributed by atoms with van der Waals surface area (Å²) in [5.41, 5.74) is 3.67. The molecule has 6 nitrogen and oxygen atoms in total. The van der Waals surface area contributed by atoms with Gasteiger partial charge in [0.2, 0.25) is 0 Å². The molecule has 4 rings (SSSR count). The zero-order valence-electron chi connectivity index (χ0n) is 17.1. The molecule has 0 aliphatic carbocycles. The van der Waals surface area contributed by atoms with Crippen molar-refractivity contribution in [1.29, 1.82) is 0 Å². The number of aromatic amines is 1. The van der Waals surface area contributed by atoms with Crippen LogP contribution in [0.5, 0.6) is 5.75 Å². The number of nitrogens with one attached hydrogen (secondary N) is 3. The Bertz CT molecular complexity index is 980. The summed E-state index contributed by atoms with van der Waals surface area (Å²) >= 11 is 0. The maximum Gasteiger partial charge on any atom is 0.191 e. The Hall–Kier alpha value is -3.15. The van der Waals surface area contributed by atoms with Gasteiger partial charge in [-0.25, -0.2) is 0 Å². The van der Waals surface area contributed by atoms with Crippen LogP contribution in [0.1, 0.15) is 12.0 Å². The molecule has 1 atom stereocenters. The van der Waals surface area contributed by atoms with Gasteiger partial charge >= 0.3 is 0 Å². The van der Waals surface area contributed by atoms with E-state index in [-0.39, 0.29) is 0 Å². The van der Waals surface area contributed by atoms with Crippen LogP contribution < -0.4 is 20.3 Å². The highest BCUT2D eigenvalue weighted by atomic mass is 16.5. The largest absolute Gasteiger partial charge is 0.495 e. The molecule has 1 aromatic heterocycles. The van der Waals surface area contributed by atoms with Crippen molar-refractivity contribution in [1.82, 2.24) is 15.6 Å². The van der Waals surface area contributed by atoms with E-state index in [1.165, 1.54) is 16.5 Å². The molecule has 6 heteroatoms. The quantitative estimate of drug-likeness (QED) is 0.446. The molecule has 1 aliphatic rings. The minimum Gasteiger partial charge on any atom is -0.495 e. The average Bonchev–Trinajstić information content (AvgIpc) is 3.40. The zero-order valence-corrected chi connectivity index (χ0v) is 17.1. The molecule has 0 spiro atoms. The number of hydrogen-bond donors (Lipinski definition) is 3. The summed E-state index contributed by atoms with van der Waals surface area (Å²) in [6.07, 6.45) is 4.12. The fraction of sp³-hybridized carbons (Fsp3) is 0.348. The molecule has 0 amide bonds. The first-order chi connectivity index (χ1) is 14.3. The smallest absolute Gasteiger partial charge is 0.191 e. The Labute approximate surface area is 172 Å². The van der Waals surface area contributed by atoms with E-state index in [9.17, 15) is 0 Å². The minimum atomic E-state index is 0.360. The first kappa shape index (κ1) is 19.2. The molecule has 0 bridgehead atoms. The van der Waals surface area contributed by atoms with E-state index in [2.05, 4.69) is 68.1 Å². The number of ether oxygens (including phenoxy) is 1. The third-order valence-electron chi connectivity index (χ3n) is 5.54. The van der Waals surface area contributed by atoms with Gasteiger partial charge in [-0.05, 0) is 36.6 Å². The van der Waals surface area contributed by atoms with E-state index in [1.54, 1.807) is 7.11 Å². The summed E-state index contributed by atoms with van der Waals surface area (Å²) in [4.78, 5) is 10.1. The first-order valence-electron chi connectivity index (χ1n) is 10.2. The molecule has 2 heterocycles. The predicted molar refractivity (Wildman–Crippen MR) is 120 cm³/mol. The lowest BCUT2D eigenvalue weighted by Gasteiger charge is -2.22. The molecule has 3 N–H and O–H groups in total. The lowest BCUT2D eigenvalue weighted by molar-refractivity contribution is 0.415. The van der Waals surface area contributed by atoms with E-state index < -0.39 is 0 Å². The van der Waals surface area contributed by atoms with E-state index in [0.717, 1.165) is 49.9 Å². The number of hydrogen-bond acceptors (Lipinski definition) is 3. The highest BCUT2D eigenvalue weighted by Gasteiger charge is 2.25. The second-order valence-corrected chi connectivity index (χ2v) is 7.36. The average molecular weight is 392 g/mol. The number of aliphatic imine (C=N–C) groups is 1. The summed E-state index contributed by atoms with van der Waals surface area (Å²) in [6.45, 7) is 2.78. The van der Waals surface area contributed by atoms with Gasteiger partial charge in [-0.1, -0.05) is 30.3 Å². The van der Waals surface area contributed by atoms with Crippen LogP contribution in [-0.2, 0) is 6.42 Å². The minimum absolute atomic E-state index is 0.360. The fourth-order valence-electron chi connectivity index (χ4n) is 4.03. The van der Waals surface area contributed by atoms with Gasteiger partial charge < -0.3 is 25.3 Å². The topological polar surface area (TPSA) is 64.7 Å². The number of guanidine groups is 1. The monoisotopic (exact) mass is 391 g/mol.